The second-order valence-corrected chi connectivity index (χ2v) is 7.86. The summed E-state index contributed by atoms with van der Waals surface area (Å²) in [7, 11) is 0. The summed E-state index contributed by atoms with van der Waals surface area (Å²) >= 11 is 0. The van der Waals surface area contributed by atoms with Crippen LogP contribution in [0.2, 0.25) is 0 Å². The number of nitrogens with one attached hydrogen (secondary N) is 1. The molecular weight excluding hydrogens is 419 g/mol. The van der Waals surface area contributed by atoms with Gasteiger partial charge in [-0.25, -0.2) is 0 Å². The smallest absolute Gasteiger partial charge is 0.320 e. The second kappa shape index (κ2) is 26.5. The first-order valence-electron chi connectivity index (χ1n) is 12.1. The summed E-state index contributed by atoms with van der Waals surface area (Å²) in [6.07, 6.45) is 21.4. The summed E-state index contributed by atoms with van der Waals surface area (Å²) in [6, 6.07) is 0. The Morgan fingerprint density at radius 1 is 0.871 bits per heavy atom. The van der Waals surface area contributed by atoms with Crippen LogP contribution >= 0.6 is 0 Å². The minimum Gasteiger partial charge on any atom is -0.480 e. The Bertz CT molecular complexity index is 447. The van der Waals surface area contributed by atoms with Crippen LogP contribution in [0.3, 0.4) is 0 Å². The maximum absolute atomic E-state index is 11.8. The molecule has 0 aliphatic heterocycles. The normalized spacial score (nSPS) is 11.1. The minimum atomic E-state index is -0.942. The molecule has 0 heterocycles. The second-order valence-electron chi connectivity index (χ2n) is 7.86. The van der Waals surface area contributed by atoms with Crippen LogP contribution in [0.1, 0.15) is 104 Å². The number of nitrogens with zero attached hydrogens (tertiary/aromatic N) is 1. The first-order chi connectivity index (χ1) is 14.6. The van der Waals surface area contributed by atoms with E-state index in [9.17, 15) is 9.59 Å². The number of carboxylic acid groups (broad SMARTS) is 1. The van der Waals surface area contributed by atoms with Gasteiger partial charge in [0.2, 0.25) is 5.91 Å². The zero-order valence-electron chi connectivity index (χ0n) is 20.5. The average Bonchev–Trinajstić information content (AvgIpc) is 2.70. The molecule has 2 N–H and O–H groups in total. The van der Waals surface area contributed by atoms with Crippen molar-refractivity contribution in [1.29, 1.82) is 0 Å². The van der Waals surface area contributed by atoms with E-state index in [0.29, 0.717) is 26.1 Å². The van der Waals surface area contributed by atoms with E-state index in [1.165, 1.54) is 75.7 Å². The largest absolute Gasteiger partial charge is 0.480 e. The topological polar surface area (TPSA) is 78.9 Å². The van der Waals surface area contributed by atoms with Crippen molar-refractivity contribution in [2.24, 2.45) is 0 Å². The molecule has 177 valence electrons. The summed E-state index contributed by atoms with van der Waals surface area (Å²) in [6.45, 7) is 5.07. The van der Waals surface area contributed by atoms with Crippen LogP contribution in [-0.2, 0) is 14.4 Å². The molecule has 0 rings (SSSR count). The molecule has 0 saturated carbocycles. The maximum atomic E-state index is 11.8. The minimum absolute atomic E-state index is 0. The molecule has 0 fully saturated rings. The maximum Gasteiger partial charge on any atom is 0.320 e. The van der Waals surface area contributed by atoms with Crippen LogP contribution in [0.25, 0.3) is 0 Å². The summed E-state index contributed by atoms with van der Waals surface area (Å²) < 4.78 is 0. The third kappa shape index (κ3) is 26.4. The predicted molar refractivity (Wildman–Crippen MR) is 129 cm³/mol. The number of carboxylic acids is 1. The third-order valence-electron chi connectivity index (χ3n) is 4.97. The fourth-order valence-corrected chi connectivity index (χ4v) is 3.29. The molecule has 0 saturated heterocycles. The summed E-state index contributed by atoms with van der Waals surface area (Å²) in [5.41, 5.74) is 0. The van der Waals surface area contributed by atoms with Gasteiger partial charge in [-0.05, 0) is 39.0 Å². The standard InChI is InChI=1S/C24H46N2O4.K/c1-3-5-6-7-8-9-10-11-12-13-14-15-16-17-18-19-23(27)25-20-21-26(30-4-2)22-24(28)29;/h11-12H,3-10,13-22H2,1-2H3,(H,25,27)(H,28,29);/b12-11-;. The predicted octanol–water partition coefficient (Wildman–Crippen LogP) is 5.10. The van der Waals surface area contributed by atoms with Crippen molar-refractivity contribution >= 4 is 63.3 Å². The molecule has 1 amide bonds. The summed E-state index contributed by atoms with van der Waals surface area (Å²) in [4.78, 5) is 27.8. The van der Waals surface area contributed by atoms with Gasteiger partial charge in [0, 0.05) is 70.9 Å². The van der Waals surface area contributed by atoms with Crippen molar-refractivity contribution in [1.82, 2.24) is 10.4 Å². The van der Waals surface area contributed by atoms with Crippen molar-refractivity contribution < 1.29 is 19.5 Å². The molecule has 0 aliphatic rings. The Kier molecular flexibility index (Phi) is 28.5. The number of hydroxylamine groups is 2. The monoisotopic (exact) mass is 465 g/mol. The van der Waals surface area contributed by atoms with Gasteiger partial charge < -0.3 is 10.4 Å². The van der Waals surface area contributed by atoms with Gasteiger partial charge in [-0.2, -0.15) is 5.06 Å². The number of allylic oxidation sites excluding steroid dienone is 2. The van der Waals surface area contributed by atoms with Gasteiger partial charge in [0.1, 0.15) is 6.54 Å². The van der Waals surface area contributed by atoms with Crippen molar-refractivity contribution in [3.05, 3.63) is 12.2 Å². The van der Waals surface area contributed by atoms with Crippen molar-refractivity contribution in [2.45, 2.75) is 104 Å². The summed E-state index contributed by atoms with van der Waals surface area (Å²) in [5, 5.41) is 13.0. The van der Waals surface area contributed by atoms with E-state index in [2.05, 4.69) is 24.4 Å². The number of carbonyl (C=O) groups excluding carboxylic acids is 1. The molecular formula is C24H46KN2O4. The van der Waals surface area contributed by atoms with E-state index in [0.717, 1.165) is 12.8 Å². The molecule has 0 aliphatic carbocycles. The van der Waals surface area contributed by atoms with E-state index >= 15 is 0 Å². The number of amides is 1. The van der Waals surface area contributed by atoms with Crippen LogP contribution in [0.5, 0.6) is 0 Å². The summed E-state index contributed by atoms with van der Waals surface area (Å²) in [5.74, 6) is -0.914. The zero-order chi connectivity index (χ0) is 22.3. The number of rotatable bonds is 22. The fraction of sp³-hybridized carbons (Fsp3) is 0.833. The third-order valence-corrected chi connectivity index (χ3v) is 4.97. The van der Waals surface area contributed by atoms with E-state index in [1.54, 1.807) is 6.92 Å². The SMILES string of the molecule is CCCCCCCC/C=C\CCCCCCCC(=O)NCCN(CC(=O)O)OCC.[K]. The molecule has 0 unspecified atom stereocenters. The quantitative estimate of drug-likeness (QED) is 0.101. The first kappa shape index (κ1) is 33.4. The van der Waals surface area contributed by atoms with Gasteiger partial charge in [-0.3, -0.25) is 14.4 Å². The molecule has 7 heteroatoms. The van der Waals surface area contributed by atoms with Gasteiger partial charge in [0.15, 0.2) is 0 Å². The number of hydrogen-bond acceptors (Lipinski definition) is 4. The number of carbonyl (C=O) groups is 2. The molecule has 1 radical (unpaired) electrons. The fourth-order valence-electron chi connectivity index (χ4n) is 3.29. The van der Waals surface area contributed by atoms with Crippen molar-refractivity contribution in [2.75, 3.05) is 26.2 Å². The Labute approximate surface area is 233 Å². The Balaban J connectivity index is 0. The van der Waals surface area contributed by atoms with E-state index in [4.69, 9.17) is 9.94 Å². The molecule has 0 aromatic carbocycles. The molecule has 0 atom stereocenters. The van der Waals surface area contributed by atoms with Crippen LogP contribution < -0.4 is 5.32 Å². The van der Waals surface area contributed by atoms with Gasteiger partial charge in [0.25, 0.3) is 0 Å². The zero-order valence-corrected chi connectivity index (χ0v) is 23.6. The van der Waals surface area contributed by atoms with Gasteiger partial charge in [0.05, 0.1) is 6.61 Å². The van der Waals surface area contributed by atoms with Crippen LogP contribution in [0, 0.1) is 0 Å². The van der Waals surface area contributed by atoms with Crippen LogP contribution in [0.15, 0.2) is 12.2 Å². The van der Waals surface area contributed by atoms with E-state index < -0.39 is 5.97 Å². The first-order valence-corrected chi connectivity index (χ1v) is 12.1. The number of unbranched alkanes of at least 4 members (excludes halogenated alkanes) is 11. The van der Waals surface area contributed by atoms with Crippen LogP contribution in [0.4, 0.5) is 0 Å². The van der Waals surface area contributed by atoms with Crippen molar-refractivity contribution in [3.8, 4) is 0 Å². The Hall–Kier alpha value is 0.236. The molecule has 0 bridgehead atoms. The van der Waals surface area contributed by atoms with Crippen LogP contribution in [-0.4, -0.2) is 99.7 Å². The molecule has 0 aromatic heterocycles. The number of hydrogen-bond donors (Lipinski definition) is 2. The van der Waals surface area contributed by atoms with E-state index in [-0.39, 0.29) is 63.8 Å². The Morgan fingerprint density at radius 3 is 1.97 bits per heavy atom. The van der Waals surface area contributed by atoms with Gasteiger partial charge in [-0.15, -0.1) is 0 Å². The molecule has 0 aromatic rings. The molecule has 6 nitrogen and oxygen atoms in total. The average molecular weight is 466 g/mol. The number of aliphatic carboxylic acids is 1. The van der Waals surface area contributed by atoms with E-state index in [1.807, 2.05) is 0 Å². The van der Waals surface area contributed by atoms with Crippen molar-refractivity contribution in [3.63, 3.8) is 0 Å². The molecule has 0 spiro atoms. The molecule has 31 heavy (non-hydrogen) atoms. The Morgan fingerprint density at radius 2 is 1.42 bits per heavy atom. The van der Waals surface area contributed by atoms with Gasteiger partial charge in [-0.1, -0.05) is 70.4 Å². The van der Waals surface area contributed by atoms with Gasteiger partial charge >= 0.3 is 5.97 Å².